The van der Waals surface area contributed by atoms with Crippen molar-refractivity contribution in [1.29, 1.82) is 0 Å². The first-order valence-corrected chi connectivity index (χ1v) is 12.0. The number of hydrogen-bond acceptors (Lipinski definition) is 3. The molecule has 2 atom stereocenters. The maximum Gasteiger partial charge on any atom is 0.242 e. The highest BCUT2D eigenvalue weighted by Gasteiger charge is 2.26. The minimum atomic E-state index is -0.595. The van der Waals surface area contributed by atoms with Crippen LogP contribution in [0.3, 0.4) is 0 Å². The number of halogens is 2. The zero-order chi connectivity index (χ0) is 22.8. The van der Waals surface area contributed by atoms with Crippen molar-refractivity contribution in [1.82, 2.24) is 10.2 Å². The Kier molecular flexibility index (Phi) is 10.3. The normalized spacial score (nSPS) is 12.8. The molecule has 0 fully saturated rings. The van der Waals surface area contributed by atoms with Gasteiger partial charge in [0.15, 0.2) is 0 Å². The number of thioether (sulfide) groups is 1. The molecule has 0 aliphatic rings. The molecule has 0 aliphatic heterocycles. The number of amides is 2. The van der Waals surface area contributed by atoms with Crippen LogP contribution in [0.5, 0.6) is 0 Å². The molecule has 2 rings (SSSR count). The van der Waals surface area contributed by atoms with Crippen molar-refractivity contribution >= 4 is 35.2 Å². The molecule has 0 heterocycles. The molecule has 0 spiro atoms. The Morgan fingerprint density at radius 3 is 2.48 bits per heavy atom. The van der Waals surface area contributed by atoms with Gasteiger partial charge in [-0.1, -0.05) is 54.9 Å². The van der Waals surface area contributed by atoms with Gasteiger partial charge < -0.3 is 10.2 Å². The molecular formula is C24H30ClFN2O2S. The van der Waals surface area contributed by atoms with Crippen LogP contribution in [0.1, 0.15) is 38.3 Å². The van der Waals surface area contributed by atoms with E-state index < -0.39 is 6.04 Å². The van der Waals surface area contributed by atoms with Gasteiger partial charge >= 0.3 is 0 Å². The zero-order valence-electron chi connectivity index (χ0n) is 18.2. The summed E-state index contributed by atoms with van der Waals surface area (Å²) in [6.07, 6.45) is 1.47. The molecule has 1 N–H and O–H groups in total. The molecule has 7 heteroatoms. The van der Waals surface area contributed by atoms with Gasteiger partial charge in [-0.3, -0.25) is 9.59 Å². The fraction of sp³-hybridized carbons (Fsp3) is 0.417. The van der Waals surface area contributed by atoms with E-state index in [1.54, 1.807) is 24.0 Å². The Bertz CT molecular complexity index is 846. The van der Waals surface area contributed by atoms with Crippen LogP contribution in [0.2, 0.25) is 5.02 Å². The third-order valence-corrected chi connectivity index (χ3v) is 6.48. The van der Waals surface area contributed by atoms with Crippen LogP contribution in [-0.4, -0.2) is 41.1 Å². The summed E-state index contributed by atoms with van der Waals surface area (Å²) in [6.45, 7) is 6.12. The molecule has 2 aromatic rings. The van der Waals surface area contributed by atoms with E-state index in [2.05, 4.69) is 5.32 Å². The standard InChI is InChI=1S/C24H30ClFN2O2S/c1-4-17(2)27-24(30)18(3)28(14-13-19-9-6-5-7-10-19)23(29)16-31-15-20-21(25)11-8-12-22(20)26/h5-12,17-18H,4,13-16H2,1-3H3,(H,27,30). The van der Waals surface area contributed by atoms with E-state index >= 15 is 0 Å². The van der Waals surface area contributed by atoms with Gasteiger partial charge in [0.25, 0.3) is 0 Å². The molecule has 0 radical (unpaired) electrons. The van der Waals surface area contributed by atoms with Crippen molar-refractivity contribution in [3.05, 3.63) is 70.5 Å². The highest BCUT2D eigenvalue weighted by molar-refractivity contribution is 7.99. The van der Waals surface area contributed by atoms with Crippen molar-refractivity contribution in [2.24, 2.45) is 0 Å². The Labute approximate surface area is 193 Å². The van der Waals surface area contributed by atoms with Crippen LogP contribution in [-0.2, 0) is 21.8 Å². The molecule has 168 valence electrons. The van der Waals surface area contributed by atoms with Crippen molar-refractivity contribution < 1.29 is 14.0 Å². The van der Waals surface area contributed by atoms with E-state index in [0.717, 1.165) is 12.0 Å². The molecule has 0 aromatic heterocycles. The fourth-order valence-corrected chi connectivity index (χ4v) is 4.28. The van der Waals surface area contributed by atoms with Crippen molar-refractivity contribution in [2.45, 2.75) is 51.4 Å². The number of rotatable bonds is 11. The van der Waals surface area contributed by atoms with E-state index in [-0.39, 0.29) is 35.2 Å². The monoisotopic (exact) mass is 464 g/mol. The Hall–Kier alpha value is -2.05. The molecule has 31 heavy (non-hydrogen) atoms. The van der Waals surface area contributed by atoms with Crippen molar-refractivity contribution in [3.8, 4) is 0 Å². The predicted octanol–water partition coefficient (Wildman–Crippen LogP) is 5.09. The van der Waals surface area contributed by atoms with Crippen LogP contribution in [0.15, 0.2) is 48.5 Å². The fourth-order valence-electron chi connectivity index (χ4n) is 3.03. The second-order valence-electron chi connectivity index (χ2n) is 7.51. The lowest BCUT2D eigenvalue weighted by atomic mass is 10.1. The predicted molar refractivity (Wildman–Crippen MR) is 127 cm³/mol. The smallest absolute Gasteiger partial charge is 0.242 e. The molecule has 2 amide bonds. The topological polar surface area (TPSA) is 49.4 Å². The summed E-state index contributed by atoms with van der Waals surface area (Å²) in [5, 5.41) is 3.30. The SMILES string of the molecule is CCC(C)NC(=O)C(C)N(CCc1ccccc1)C(=O)CSCc1c(F)cccc1Cl. The van der Waals surface area contributed by atoms with Crippen LogP contribution in [0.4, 0.5) is 4.39 Å². The number of carbonyl (C=O) groups is 2. The Morgan fingerprint density at radius 1 is 1.13 bits per heavy atom. The van der Waals surface area contributed by atoms with Crippen molar-refractivity contribution in [3.63, 3.8) is 0 Å². The van der Waals surface area contributed by atoms with Gasteiger partial charge in [0.05, 0.1) is 5.75 Å². The van der Waals surface area contributed by atoms with Gasteiger partial charge in [-0.25, -0.2) is 4.39 Å². The molecule has 0 saturated heterocycles. The molecule has 2 aromatic carbocycles. The molecule has 0 aliphatic carbocycles. The van der Waals surface area contributed by atoms with Gasteiger partial charge in [-0.15, -0.1) is 11.8 Å². The summed E-state index contributed by atoms with van der Waals surface area (Å²) in [6, 6.07) is 13.8. The van der Waals surface area contributed by atoms with Crippen LogP contribution < -0.4 is 5.32 Å². The lowest BCUT2D eigenvalue weighted by molar-refractivity contribution is -0.138. The first-order valence-electron chi connectivity index (χ1n) is 10.5. The summed E-state index contributed by atoms with van der Waals surface area (Å²) in [5.74, 6) is -0.273. The second kappa shape index (κ2) is 12.7. The third-order valence-electron chi connectivity index (χ3n) is 5.19. The number of hydrogen-bond donors (Lipinski definition) is 1. The molecule has 0 bridgehead atoms. The minimum Gasteiger partial charge on any atom is -0.352 e. The van der Waals surface area contributed by atoms with Crippen LogP contribution in [0.25, 0.3) is 0 Å². The highest BCUT2D eigenvalue weighted by atomic mass is 35.5. The Morgan fingerprint density at radius 2 is 1.84 bits per heavy atom. The van der Waals surface area contributed by atoms with Gasteiger partial charge in [0.2, 0.25) is 11.8 Å². The van der Waals surface area contributed by atoms with Gasteiger partial charge in [0, 0.05) is 28.9 Å². The maximum absolute atomic E-state index is 14.0. The van der Waals surface area contributed by atoms with E-state index in [0.29, 0.717) is 23.6 Å². The lowest BCUT2D eigenvalue weighted by Crippen LogP contribution is -2.51. The average molecular weight is 465 g/mol. The van der Waals surface area contributed by atoms with Crippen molar-refractivity contribution in [2.75, 3.05) is 12.3 Å². The summed E-state index contributed by atoms with van der Waals surface area (Å²) in [5.41, 5.74) is 1.49. The lowest BCUT2D eigenvalue weighted by Gasteiger charge is -2.29. The second-order valence-corrected chi connectivity index (χ2v) is 8.90. The summed E-state index contributed by atoms with van der Waals surface area (Å²) < 4.78 is 14.0. The van der Waals surface area contributed by atoms with Gasteiger partial charge in [-0.05, 0) is 44.4 Å². The molecular weight excluding hydrogens is 435 g/mol. The van der Waals surface area contributed by atoms with E-state index in [4.69, 9.17) is 11.6 Å². The van der Waals surface area contributed by atoms with Crippen LogP contribution >= 0.6 is 23.4 Å². The highest BCUT2D eigenvalue weighted by Crippen LogP contribution is 2.24. The summed E-state index contributed by atoms with van der Waals surface area (Å²) in [7, 11) is 0. The first kappa shape index (κ1) is 25.2. The number of carbonyl (C=O) groups excluding carboxylic acids is 2. The van der Waals surface area contributed by atoms with E-state index in [9.17, 15) is 14.0 Å². The zero-order valence-corrected chi connectivity index (χ0v) is 19.8. The van der Waals surface area contributed by atoms with Crippen LogP contribution in [0, 0.1) is 5.82 Å². The minimum absolute atomic E-state index is 0.0404. The number of nitrogens with one attached hydrogen (secondary N) is 1. The largest absolute Gasteiger partial charge is 0.352 e. The molecule has 0 saturated carbocycles. The van der Waals surface area contributed by atoms with E-state index in [1.807, 2.05) is 44.2 Å². The maximum atomic E-state index is 14.0. The quantitative estimate of drug-likeness (QED) is 0.504. The Balaban J connectivity index is 2.04. The summed E-state index contributed by atoms with van der Waals surface area (Å²) in [4.78, 5) is 27.3. The third kappa shape index (κ3) is 7.86. The molecule has 4 nitrogen and oxygen atoms in total. The average Bonchev–Trinajstić information content (AvgIpc) is 2.76. The van der Waals surface area contributed by atoms with Gasteiger partial charge in [-0.2, -0.15) is 0 Å². The van der Waals surface area contributed by atoms with E-state index in [1.165, 1.54) is 17.8 Å². The molecule has 2 unspecified atom stereocenters. The first-order chi connectivity index (χ1) is 14.8. The number of benzene rings is 2. The van der Waals surface area contributed by atoms with Gasteiger partial charge in [0.1, 0.15) is 11.9 Å². The number of nitrogens with zero attached hydrogens (tertiary/aromatic N) is 1. The summed E-state index contributed by atoms with van der Waals surface area (Å²) >= 11 is 7.37.